The number of ether oxygens (including phenoxy) is 1. The summed E-state index contributed by atoms with van der Waals surface area (Å²) < 4.78 is 5.99. The molecule has 1 amide bonds. The van der Waals surface area contributed by atoms with Gasteiger partial charge in [-0.2, -0.15) is 0 Å². The van der Waals surface area contributed by atoms with Crippen molar-refractivity contribution in [3.8, 4) is 0 Å². The maximum absolute atomic E-state index is 12.7. The van der Waals surface area contributed by atoms with Gasteiger partial charge in [0.2, 0.25) is 0 Å². The van der Waals surface area contributed by atoms with Crippen molar-refractivity contribution in [2.75, 3.05) is 13.1 Å². The monoisotopic (exact) mass is 363 g/mol. The summed E-state index contributed by atoms with van der Waals surface area (Å²) in [5.41, 5.74) is 3.18. The third kappa shape index (κ3) is 2.96. The van der Waals surface area contributed by atoms with Crippen LogP contribution in [0.4, 0.5) is 0 Å². The van der Waals surface area contributed by atoms with Gasteiger partial charge in [-0.15, -0.1) is 0 Å². The number of nitrogens with zero attached hydrogens (tertiary/aromatic N) is 1. The first-order chi connectivity index (χ1) is 13.1. The third-order valence-corrected chi connectivity index (χ3v) is 5.75. The van der Waals surface area contributed by atoms with Gasteiger partial charge >= 0.3 is 5.69 Å². The maximum Gasteiger partial charge on any atom is 0.323 e. The van der Waals surface area contributed by atoms with E-state index in [1.165, 1.54) is 5.56 Å². The fraction of sp³-hybridized carbons (Fsp3) is 0.333. The van der Waals surface area contributed by atoms with Crippen LogP contribution in [-0.4, -0.2) is 40.0 Å². The number of fused-ring (bicyclic) bond motifs is 1. The molecule has 1 spiro atoms. The Bertz CT molecular complexity index is 1040. The smallest absolute Gasteiger partial charge is 0.323 e. The molecule has 3 aromatic rings. The first-order valence-corrected chi connectivity index (χ1v) is 9.27. The number of rotatable bonds is 4. The Morgan fingerprint density at radius 2 is 1.81 bits per heavy atom. The highest BCUT2D eigenvalue weighted by atomic mass is 16.5. The fourth-order valence-corrected chi connectivity index (χ4v) is 4.33. The van der Waals surface area contributed by atoms with E-state index < -0.39 is 0 Å². The molecule has 1 saturated heterocycles. The average Bonchev–Trinajstić information content (AvgIpc) is 2.98. The molecule has 1 saturated carbocycles. The second-order valence-corrected chi connectivity index (χ2v) is 7.83. The number of carbonyl (C=O) groups is 1. The molecule has 6 nitrogen and oxygen atoms in total. The van der Waals surface area contributed by atoms with Crippen molar-refractivity contribution in [1.82, 2.24) is 14.9 Å². The number of aromatic amines is 2. The van der Waals surface area contributed by atoms with Crippen LogP contribution < -0.4 is 5.69 Å². The summed E-state index contributed by atoms with van der Waals surface area (Å²) in [7, 11) is 0. The van der Waals surface area contributed by atoms with Gasteiger partial charge in [-0.25, -0.2) is 4.79 Å². The molecule has 2 fully saturated rings. The van der Waals surface area contributed by atoms with Crippen molar-refractivity contribution in [3.63, 3.8) is 0 Å². The first kappa shape index (κ1) is 16.3. The second-order valence-electron chi connectivity index (χ2n) is 7.83. The Labute approximate surface area is 156 Å². The van der Waals surface area contributed by atoms with Crippen LogP contribution in [0.1, 0.15) is 28.8 Å². The third-order valence-electron chi connectivity index (χ3n) is 5.75. The van der Waals surface area contributed by atoms with Gasteiger partial charge < -0.3 is 19.6 Å². The molecule has 2 aromatic carbocycles. The zero-order valence-corrected chi connectivity index (χ0v) is 14.9. The van der Waals surface area contributed by atoms with E-state index in [-0.39, 0.29) is 17.0 Å². The highest BCUT2D eigenvalue weighted by molar-refractivity contribution is 5.97. The van der Waals surface area contributed by atoms with Crippen LogP contribution in [-0.2, 0) is 11.3 Å². The van der Waals surface area contributed by atoms with E-state index in [0.717, 1.165) is 25.9 Å². The Morgan fingerprint density at radius 1 is 1.07 bits per heavy atom. The number of H-pyrrole nitrogens is 2. The molecule has 6 heteroatoms. The Morgan fingerprint density at radius 3 is 2.59 bits per heavy atom. The van der Waals surface area contributed by atoms with Gasteiger partial charge in [0.25, 0.3) is 5.91 Å². The molecule has 27 heavy (non-hydrogen) atoms. The molecular weight excluding hydrogens is 342 g/mol. The van der Waals surface area contributed by atoms with Crippen molar-refractivity contribution < 1.29 is 9.53 Å². The van der Waals surface area contributed by atoms with E-state index in [1.807, 2.05) is 23.1 Å². The van der Waals surface area contributed by atoms with Crippen LogP contribution in [0.3, 0.4) is 0 Å². The van der Waals surface area contributed by atoms with Gasteiger partial charge in [-0.1, -0.05) is 30.3 Å². The molecule has 2 heterocycles. The van der Waals surface area contributed by atoms with Crippen molar-refractivity contribution in [1.29, 1.82) is 0 Å². The van der Waals surface area contributed by atoms with Gasteiger partial charge in [-0.3, -0.25) is 4.79 Å². The zero-order valence-electron chi connectivity index (χ0n) is 14.9. The molecule has 1 aliphatic carbocycles. The highest BCUT2D eigenvalue weighted by Crippen LogP contribution is 2.50. The molecular formula is C21H21N3O3. The van der Waals surface area contributed by atoms with Crippen LogP contribution in [0, 0.1) is 5.41 Å². The molecule has 1 aromatic heterocycles. The van der Waals surface area contributed by atoms with Gasteiger partial charge in [0, 0.05) is 24.1 Å². The number of hydrogen-bond donors (Lipinski definition) is 2. The number of imidazole rings is 1. The van der Waals surface area contributed by atoms with E-state index in [2.05, 4.69) is 22.1 Å². The lowest BCUT2D eigenvalue weighted by atomic mass is 9.61. The van der Waals surface area contributed by atoms with E-state index in [9.17, 15) is 9.59 Å². The number of likely N-dealkylation sites (tertiary alicyclic amines) is 1. The number of hydrogen-bond acceptors (Lipinski definition) is 3. The standard InChI is InChI=1S/C21H21N3O3/c25-19(15-6-7-17-18(8-15)23-20(26)22-17)24-12-21(13-24)9-16(10-21)27-11-14-4-2-1-3-5-14/h1-8,16H,9-13H2,(H2,22,23,26). The van der Waals surface area contributed by atoms with Gasteiger partial charge in [0.15, 0.2) is 0 Å². The predicted molar refractivity (Wildman–Crippen MR) is 102 cm³/mol. The van der Waals surface area contributed by atoms with E-state index >= 15 is 0 Å². The second kappa shape index (κ2) is 6.09. The normalized spacial score (nSPS) is 18.4. The summed E-state index contributed by atoms with van der Waals surface area (Å²) in [6, 6.07) is 15.5. The minimum Gasteiger partial charge on any atom is -0.373 e. The fourth-order valence-electron chi connectivity index (χ4n) is 4.33. The number of nitrogens with one attached hydrogen (secondary N) is 2. The average molecular weight is 363 g/mol. The van der Waals surface area contributed by atoms with Crippen molar-refractivity contribution >= 4 is 16.9 Å². The summed E-state index contributed by atoms with van der Waals surface area (Å²) in [6.45, 7) is 2.23. The first-order valence-electron chi connectivity index (χ1n) is 9.27. The van der Waals surface area contributed by atoms with Crippen LogP contribution in [0.25, 0.3) is 11.0 Å². The largest absolute Gasteiger partial charge is 0.373 e. The van der Waals surface area contributed by atoms with Gasteiger partial charge in [0.1, 0.15) is 0 Å². The van der Waals surface area contributed by atoms with Crippen LogP contribution in [0.5, 0.6) is 0 Å². The molecule has 0 radical (unpaired) electrons. The molecule has 0 bridgehead atoms. The topological polar surface area (TPSA) is 78.2 Å². The number of aromatic nitrogens is 2. The lowest BCUT2D eigenvalue weighted by Gasteiger charge is -2.58. The summed E-state index contributed by atoms with van der Waals surface area (Å²) in [6.07, 6.45) is 2.34. The van der Waals surface area contributed by atoms with Crippen molar-refractivity contribution in [2.45, 2.75) is 25.6 Å². The lowest BCUT2D eigenvalue weighted by molar-refractivity contribution is -0.143. The summed E-state index contributed by atoms with van der Waals surface area (Å²) in [5, 5.41) is 0. The van der Waals surface area contributed by atoms with E-state index in [0.29, 0.717) is 29.3 Å². The molecule has 0 atom stereocenters. The summed E-state index contributed by atoms with van der Waals surface area (Å²) in [4.78, 5) is 31.3. The van der Waals surface area contributed by atoms with Crippen LogP contribution >= 0.6 is 0 Å². The molecule has 5 rings (SSSR count). The summed E-state index contributed by atoms with van der Waals surface area (Å²) >= 11 is 0. The van der Waals surface area contributed by atoms with Gasteiger partial charge in [0.05, 0.1) is 23.7 Å². The lowest BCUT2D eigenvalue weighted by Crippen LogP contribution is -2.65. The zero-order chi connectivity index (χ0) is 18.4. The quantitative estimate of drug-likeness (QED) is 0.748. The minimum absolute atomic E-state index is 0.0261. The number of benzene rings is 2. The molecule has 0 unspecified atom stereocenters. The Kier molecular flexibility index (Phi) is 3.68. The van der Waals surface area contributed by atoms with Crippen molar-refractivity contribution in [3.05, 3.63) is 70.1 Å². The predicted octanol–water partition coefficient (Wildman–Crippen LogP) is 2.68. The highest BCUT2D eigenvalue weighted by Gasteiger charge is 2.54. The maximum atomic E-state index is 12.7. The molecule has 2 N–H and O–H groups in total. The van der Waals surface area contributed by atoms with Gasteiger partial charge in [-0.05, 0) is 36.6 Å². The minimum atomic E-state index is -0.256. The number of carbonyl (C=O) groups excluding carboxylic acids is 1. The van der Waals surface area contributed by atoms with Crippen molar-refractivity contribution in [2.24, 2.45) is 5.41 Å². The van der Waals surface area contributed by atoms with E-state index in [1.54, 1.807) is 18.2 Å². The molecule has 2 aliphatic rings. The number of amides is 1. The SMILES string of the molecule is O=C(c1ccc2[nH]c(=O)[nH]c2c1)N1CC2(CC(OCc3ccccc3)C2)C1. The molecule has 138 valence electrons. The Hall–Kier alpha value is -2.86. The van der Waals surface area contributed by atoms with E-state index in [4.69, 9.17) is 4.74 Å². The van der Waals surface area contributed by atoms with Crippen LogP contribution in [0.2, 0.25) is 0 Å². The summed E-state index contributed by atoms with van der Waals surface area (Å²) in [5.74, 6) is 0.0261. The Balaban J connectivity index is 1.15. The van der Waals surface area contributed by atoms with Crippen LogP contribution in [0.15, 0.2) is 53.3 Å². The molecule has 1 aliphatic heterocycles.